The van der Waals surface area contributed by atoms with E-state index in [1.807, 2.05) is 32.1 Å². The Morgan fingerprint density at radius 1 is 1.25 bits per heavy atom. The summed E-state index contributed by atoms with van der Waals surface area (Å²) < 4.78 is 5.49. The van der Waals surface area contributed by atoms with Crippen LogP contribution in [0.2, 0.25) is 0 Å². The van der Waals surface area contributed by atoms with Crippen LogP contribution < -0.4 is 5.63 Å². The van der Waals surface area contributed by atoms with Crippen molar-refractivity contribution in [3.05, 3.63) is 51.4 Å². The molecule has 0 saturated carbocycles. The van der Waals surface area contributed by atoms with E-state index in [4.69, 9.17) is 4.42 Å². The van der Waals surface area contributed by atoms with Crippen molar-refractivity contribution in [2.75, 3.05) is 0 Å². The average Bonchev–Trinajstić information content (AvgIpc) is 2.44. The minimum absolute atomic E-state index is 0.0377. The molecule has 0 saturated heterocycles. The summed E-state index contributed by atoms with van der Waals surface area (Å²) in [5.74, 6) is 0.0540. The standard InChI is InChI=1S/C17H18O3/c1-10-8-9-11(2)16-13(10)15(18)14(17(19)20-16)12-6-4-3-5-7-12/h4,6,8-9,12,18H,3,5,7H2,1-2H3. The van der Waals surface area contributed by atoms with Gasteiger partial charge < -0.3 is 9.52 Å². The molecule has 1 N–H and O–H groups in total. The van der Waals surface area contributed by atoms with Gasteiger partial charge in [-0.1, -0.05) is 24.3 Å². The van der Waals surface area contributed by atoms with Gasteiger partial charge in [0, 0.05) is 5.92 Å². The molecule has 0 fully saturated rings. The van der Waals surface area contributed by atoms with Gasteiger partial charge in [0.05, 0.1) is 10.9 Å². The maximum Gasteiger partial charge on any atom is 0.343 e. The first-order valence-electron chi connectivity index (χ1n) is 7.02. The summed E-state index contributed by atoms with van der Waals surface area (Å²) in [6, 6.07) is 3.85. The summed E-state index contributed by atoms with van der Waals surface area (Å²) in [7, 11) is 0. The van der Waals surface area contributed by atoms with Gasteiger partial charge in [0.1, 0.15) is 11.3 Å². The first kappa shape index (κ1) is 13.0. The number of fused-ring (bicyclic) bond motifs is 1. The molecule has 0 radical (unpaired) electrons. The second-order valence-corrected chi connectivity index (χ2v) is 5.52. The monoisotopic (exact) mass is 270 g/mol. The van der Waals surface area contributed by atoms with Crippen LogP contribution in [0.15, 0.2) is 33.5 Å². The lowest BCUT2D eigenvalue weighted by atomic mass is 9.88. The van der Waals surface area contributed by atoms with Crippen LogP contribution in [0.1, 0.15) is 41.9 Å². The zero-order chi connectivity index (χ0) is 14.3. The number of allylic oxidation sites excluding steroid dienone is 2. The predicted octanol–water partition coefficient (Wildman–Crippen LogP) is 3.94. The molecule has 1 aromatic heterocycles. The van der Waals surface area contributed by atoms with Gasteiger partial charge in [-0.05, 0) is 44.2 Å². The first-order valence-corrected chi connectivity index (χ1v) is 7.02. The smallest absolute Gasteiger partial charge is 0.343 e. The topological polar surface area (TPSA) is 50.4 Å². The summed E-state index contributed by atoms with van der Waals surface area (Å²) in [5, 5.41) is 11.3. The molecule has 20 heavy (non-hydrogen) atoms. The second-order valence-electron chi connectivity index (χ2n) is 5.52. The Bertz CT molecular complexity index is 753. The van der Waals surface area contributed by atoms with E-state index in [1.54, 1.807) is 0 Å². The lowest BCUT2D eigenvalue weighted by Crippen LogP contribution is -2.13. The van der Waals surface area contributed by atoms with Gasteiger partial charge in [0.2, 0.25) is 0 Å². The van der Waals surface area contributed by atoms with Crippen LogP contribution in [0.25, 0.3) is 11.0 Å². The zero-order valence-corrected chi connectivity index (χ0v) is 11.8. The lowest BCUT2D eigenvalue weighted by molar-refractivity contribution is 0.446. The van der Waals surface area contributed by atoms with Gasteiger partial charge in [0.25, 0.3) is 0 Å². The number of aryl methyl sites for hydroxylation is 2. The van der Waals surface area contributed by atoms with Crippen LogP contribution in [0.3, 0.4) is 0 Å². The van der Waals surface area contributed by atoms with Crippen molar-refractivity contribution in [1.82, 2.24) is 0 Å². The molecule has 0 bridgehead atoms. The van der Waals surface area contributed by atoms with E-state index in [-0.39, 0.29) is 11.7 Å². The fourth-order valence-corrected chi connectivity index (χ4v) is 2.97. The van der Waals surface area contributed by atoms with E-state index in [0.29, 0.717) is 16.5 Å². The highest BCUT2D eigenvalue weighted by molar-refractivity contribution is 5.89. The van der Waals surface area contributed by atoms with Gasteiger partial charge >= 0.3 is 5.63 Å². The summed E-state index contributed by atoms with van der Waals surface area (Å²) in [6.07, 6.45) is 7.02. The van der Waals surface area contributed by atoms with Crippen LogP contribution >= 0.6 is 0 Å². The maximum absolute atomic E-state index is 12.3. The Morgan fingerprint density at radius 3 is 2.70 bits per heavy atom. The van der Waals surface area contributed by atoms with E-state index in [2.05, 4.69) is 6.08 Å². The largest absolute Gasteiger partial charge is 0.507 e. The molecule has 3 rings (SSSR count). The highest BCUT2D eigenvalue weighted by Gasteiger charge is 2.23. The van der Waals surface area contributed by atoms with Crippen LogP contribution in [0, 0.1) is 13.8 Å². The highest BCUT2D eigenvalue weighted by Crippen LogP contribution is 2.37. The molecule has 1 atom stereocenters. The molecule has 104 valence electrons. The number of benzene rings is 1. The summed E-state index contributed by atoms with van der Waals surface area (Å²) in [4.78, 5) is 12.3. The Morgan fingerprint density at radius 2 is 2.00 bits per heavy atom. The zero-order valence-electron chi connectivity index (χ0n) is 11.8. The van der Waals surface area contributed by atoms with Crippen molar-refractivity contribution in [3.63, 3.8) is 0 Å². The van der Waals surface area contributed by atoms with Crippen molar-refractivity contribution in [1.29, 1.82) is 0 Å². The molecule has 2 aromatic rings. The third-order valence-electron chi connectivity index (χ3n) is 4.09. The molecular formula is C17H18O3. The molecule has 0 spiro atoms. The van der Waals surface area contributed by atoms with Crippen LogP contribution in [-0.4, -0.2) is 5.11 Å². The molecule has 1 aromatic carbocycles. The number of hydrogen-bond acceptors (Lipinski definition) is 3. The number of aromatic hydroxyl groups is 1. The quantitative estimate of drug-likeness (QED) is 0.630. The number of hydrogen-bond donors (Lipinski definition) is 1. The summed E-state index contributed by atoms with van der Waals surface area (Å²) >= 11 is 0. The molecular weight excluding hydrogens is 252 g/mol. The first-order chi connectivity index (χ1) is 9.59. The second kappa shape index (κ2) is 4.82. The maximum atomic E-state index is 12.3. The highest BCUT2D eigenvalue weighted by atomic mass is 16.4. The van der Waals surface area contributed by atoms with Crippen molar-refractivity contribution < 1.29 is 9.52 Å². The van der Waals surface area contributed by atoms with Gasteiger partial charge in [-0.2, -0.15) is 0 Å². The molecule has 1 aliphatic rings. The van der Waals surface area contributed by atoms with E-state index in [1.165, 1.54) is 0 Å². The van der Waals surface area contributed by atoms with Crippen LogP contribution in [0.4, 0.5) is 0 Å². The Labute approximate surface area is 117 Å². The average molecular weight is 270 g/mol. The normalized spacial score (nSPS) is 18.6. The van der Waals surface area contributed by atoms with Gasteiger partial charge in [-0.25, -0.2) is 4.79 Å². The van der Waals surface area contributed by atoms with Crippen molar-refractivity contribution >= 4 is 11.0 Å². The van der Waals surface area contributed by atoms with Crippen molar-refractivity contribution in [2.45, 2.75) is 39.0 Å². The van der Waals surface area contributed by atoms with Gasteiger partial charge in [-0.15, -0.1) is 0 Å². The lowest BCUT2D eigenvalue weighted by Gasteiger charge is -2.18. The van der Waals surface area contributed by atoms with E-state index in [9.17, 15) is 9.90 Å². The summed E-state index contributed by atoms with van der Waals surface area (Å²) in [6.45, 7) is 3.80. The summed E-state index contributed by atoms with van der Waals surface area (Å²) in [5.41, 5.74) is 2.27. The Hall–Kier alpha value is -2.03. The molecule has 1 heterocycles. The molecule has 3 heteroatoms. The minimum atomic E-state index is -0.416. The molecule has 0 aliphatic heterocycles. The third kappa shape index (κ3) is 1.94. The Kier molecular flexibility index (Phi) is 3.13. The van der Waals surface area contributed by atoms with Crippen LogP contribution in [-0.2, 0) is 0 Å². The SMILES string of the molecule is Cc1ccc(C)c2c(O)c(C3C=CCCC3)c(=O)oc12. The fraction of sp³-hybridized carbons (Fsp3) is 0.353. The van der Waals surface area contributed by atoms with E-state index in [0.717, 1.165) is 30.4 Å². The van der Waals surface area contributed by atoms with Crippen LogP contribution in [0.5, 0.6) is 5.75 Å². The molecule has 3 nitrogen and oxygen atoms in total. The van der Waals surface area contributed by atoms with E-state index < -0.39 is 5.63 Å². The molecule has 0 amide bonds. The van der Waals surface area contributed by atoms with Crippen molar-refractivity contribution in [3.8, 4) is 5.75 Å². The van der Waals surface area contributed by atoms with E-state index >= 15 is 0 Å². The number of rotatable bonds is 1. The predicted molar refractivity (Wildman–Crippen MR) is 79.4 cm³/mol. The molecule has 1 aliphatic carbocycles. The van der Waals surface area contributed by atoms with Crippen molar-refractivity contribution in [2.24, 2.45) is 0 Å². The van der Waals surface area contributed by atoms with Gasteiger partial charge in [-0.3, -0.25) is 0 Å². The fourth-order valence-electron chi connectivity index (χ4n) is 2.97. The minimum Gasteiger partial charge on any atom is -0.507 e. The van der Waals surface area contributed by atoms with Gasteiger partial charge in [0.15, 0.2) is 0 Å². The third-order valence-corrected chi connectivity index (χ3v) is 4.09. The Balaban J connectivity index is 2.34. The molecule has 1 unspecified atom stereocenters.